The predicted octanol–water partition coefficient (Wildman–Crippen LogP) is 4.72. The van der Waals surface area contributed by atoms with Crippen LogP contribution < -0.4 is 20.4 Å². The standard InChI is InChI=1S/C24H33FN6S/c1-18-7-6-14-31(17-18)22-15-21(30-12-4-2-3-5-13-30)27-23(28-22)29-24(32)26-16-19-8-10-20(25)11-9-19/h8-11,15,18H,2-7,12-14,16-17H2,1H3,(H2,26,27,28,29,32)/t18-/m0/s1. The second-order valence-electron chi connectivity index (χ2n) is 8.94. The number of anilines is 3. The van der Waals surface area contributed by atoms with Crippen molar-refractivity contribution in [3.05, 3.63) is 41.7 Å². The Labute approximate surface area is 195 Å². The number of piperidine rings is 1. The molecule has 1 atom stereocenters. The number of nitrogens with zero attached hydrogens (tertiary/aromatic N) is 4. The number of nitrogens with one attached hydrogen (secondary N) is 2. The largest absolute Gasteiger partial charge is 0.358 e. The van der Waals surface area contributed by atoms with E-state index in [1.165, 1.54) is 50.7 Å². The number of thiocarbonyl (C=S) groups is 1. The number of halogens is 1. The van der Waals surface area contributed by atoms with Crippen molar-refractivity contribution < 1.29 is 4.39 Å². The van der Waals surface area contributed by atoms with Gasteiger partial charge in [0.25, 0.3) is 0 Å². The molecule has 32 heavy (non-hydrogen) atoms. The minimum absolute atomic E-state index is 0.243. The molecule has 2 saturated heterocycles. The summed E-state index contributed by atoms with van der Waals surface area (Å²) in [4.78, 5) is 14.4. The lowest BCUT2D eigenvalue weighted by Crippen LogP contribution is -2.36. The van der Waals surface area contributed by atoms with E-state index in [-0.39, 0.29) is 5.82 Å². The maximum Gasteiger partial charge on any atom is 0.232 e. The highest BCUT2D eigenvalue weighted by Gasteiger charge is 2.21. The number of rotatable bonds is 5. The molecule has 6 nitrogen and oxygen atoms in total. The van der Waals surface area contributed by atoms with Gasteiger partial charge < -0.3 is 20.4 Å². The van der Waals surface area contributed by atoms with Gasteiger partial charge in [-0.25, -0.2) is 4.39 Å². The number of hydrogen-bond donors (Lipinski definition) is 2. The van der Waals surface area contributed by atoms with Crippen molar-refractivity contribution in [2.45, 2.75) is 52.0 Å². The van der Waals surface area contributed by atoms with Crippen molar-refractivity contribution in [2.75, 3.05) is 41.3 Å². The van der Waals surface area contributed by atoms with E-state index < -0.39 is 0 Å². The highest BCUT2D eigenvalue weighted by atomic mass is 32.1. The van der Waals surface area contributed by atoms with Crippen molar-refractivity contribution >= 4 is 34.9 Å². The Balaban J connectivity index is 1.49. The summed E-state index contributed by atoms with van der Waals surface area (Å²) in [6.45, 7) is 6.90. The average Bonchev–Trinajstić information content (AvgIpc) is 3.08. The highest BCUT2D eigenvalue weighted by molar-refractivity contribution is 7.80. The van der Waals surface area contributed by atoms with Crippen LogP contribution in [0, 0.1) is 11.7 Å². The SMILES string of the molecule is C[C@H]1CCCN(c2cc(N3CCCCCC3)nc(NC(=S)NCc3ccc(F)cc3)n2)C1. The molecule has 3 heterocycles. The molecule has 0 bridgehead atoms. The molecule has 0 saturated carbocycles. The highest BCUT2D eigenvalue weighted by Crippen LogP contribution is 2.27. The van der Waals surface area contributed by atoms with Gasteiger partial charge in [-0.1, -0.05) is 31.9 Å². The van der Waals surface area contributed by atoms with Gasteiger partial charge in [-0.3, -0.25) is 0 Å². The molecule has 0 spiro atoms. The maximum atomic E-state index is 13.1. The Hall–Kier alpha value is -2.48. The van der Waals surface area contributed by atoms with E-state index in [1.807, 2.05) is 0 Å². The molecule has 2 fully saturated rings. The van der Waals surface area contributed by atoms with Crippen LogP contribution in [0.15, 0.2) is 30.3 Å². The second-order valence-corrected chi connectivity index (χ2v) is 9.35. The zero-order valence-electron chi connectivity index (χ0n) is 18.8. The monoisotopic (exact) mass is 456 g/mol. The third kappa shape index (κ3) is 6.28. The summed E-state index contributed by atoms with van der Waals surface area (Å²) in [5.74, 6) is 2.88. The fraction of sp³-hybridized carbons (Fsp3) is 0.542. The third-order valence-corrected chi connectivity index (χ3v) is 6.45. The van der Waals surface area contributed by atoms with Crippen LogP contribution in [0.4, 0.5) is 22.0 Å². The Morgan fingerprint density at radius 1 is 1.00 bits per heavy atom. The van der Waals surface area contributed by atoms with Gasteiger partial charge in [0, 0.05) is 38.8 Å². The van der Waals surface area contributed by atoms with E-state index in [1.54, 1.807) is 12.1 Å². The van der Waals surface area contributed by atoms with Crippen molar-refractivity contribution in [1.82, 2.24) is 15.3 Å². The van der Waals surface area contributed by atoms with E-state index >= 15 is 0 Å². The fourth-order valence-electron chi connectivity index (χ4n) is 4.43. The van der Waals surface area contributed by atoms with Gasteiger partial charge in [0.2, 0.25) is 5.95 Å². The molecule has 8 heteroatoms. The molecular formula is C24H33FN6S. The first-order valence-corrected chi connectivity index (χ1v) is 12.2. The van der Waals surface area contributed by atoms with Crippen LogP contribution in [-0.4, -0.2) is 41.3 Å². The molecule has 1 aromatic carbocycles. The van der Waals surface area contributed by atoms with Crippen molar-refractivity contribution in [1.29, 1.82) is 0 Å². The maximum absolute atomic E-state index is 13.1. The Bertz CT molecular complexity index is 878. The van der Waals surface area contributed by atoms with E-state index in [4.69, 9.17) is 22.2 Å². The molecule has 0 aliphatic carbocycles. The van der Waals surface area contributed by atoms with Gasteiger partial charge in [-0.05, 0) is 61.5 Å². The minimum atomic E-state index is -0.243. The topological polar surface area (TPSA) is 56.3 Å². The van der Waals surface area contributed by atoms with Crippen LogP contribution in [0.25, 0.3) is 0 Å². The average molecular weight is 457 g/mol. The molecule has 2 aromatic rings. The van der Waals surface area contributed by atoms with Crippen molar-refractivity contribution in [3.63, 3.8) is 0 Å². The lowest BCUT2D eigenvalue weighted by Gasteiger charge is -2.33. The lowest BCUT2D eigenvalue weighted by atomic mass is 10.0. The quantitative estimate of drug-likeness (QED) is 0.632. The van der Waals surface area contributed by atoms with Crippen LogP contribution in [0.5, 0.6) is 0 Å². The van der Waals surface area contributed by atoms with Crippen molar-refractivity contribution in [2.24, 2.45) is 5.92 Å². The van der Waals surface area contributed by atoms with Gasteiger partial charge >= 0.3 is 0 Å². The van der Waals surface area contributed by atoms with E-state index in [2.05, 4.69) is 33.4 Å². The van der Waals surface area contributed by atoms with Gasteiger partial charge in [0.1, 0.15) is 17.5 Å². The van der Waals surface area contributed by atoms with Crippen LogP contribution in [-0.2, 0) is 6.54 Å². The number of benzene rings is 1. The molecule has 2 aliphatic heterocycles. The first-order chi connectivity index (χ1) is 15.6. The first-order valence-electron chi connectivity index (χ1n) is 11.7. The Morgan fingerprint density at radius 3 is 2.34 bits per heavy atom. The summed E-state index contributed by atoms with van der Waals surface area (Å²) in [5, 5.41) is 6.81. The number of aromatic nitrogens is 2. The van der Waals surface area contributed by atoms with E-state index in [9.17, 15) is 4.39 Å². The molecule has 2 N–H and O–H groups in total. The van der Waals surface area contributed by atoms with Gasteiger partial charge in [-0.15, -0.1) is 0 Å². The molecule has 2 aliphatic rings. The molecule has 4 rings (SSSR count). The summed E-state index contributed by atoms with van der Waals surface area (Å²) < 4.78 is 13.1. The van der Waals surface area contributed by atoms with Gasteiger partial charge in [0.05, 0.1) is 0 Å². The van der Waals surface area contributed by atoms with E-state index in [0.29, 0.717) is 23.5 Å². The lowest BCUT2D eigenvalue weighted by molar-refractivity contribution is 0.444. The zero-order valence-corrected chi connectivity index (χ0v) is 19.6. The Morgan fingerprint density at radius 2 is 1.66 bits per heavy atom. The van der Waals surface area contributed by atoms with Gasteiger partial charge in [0.15, 0.2) is 5.11 Å². The Kier molecular flexibility index (Phi) is 7.73. The minimum Gasteiger partial charge on any atom is -0.358 e. The number of hydrogen-bond acceptors (Lipinski definition) is 5. The molecule has 0 radical (unpaired) electrons. The third-order valence-electron chi connectivity index (χ3n) is 6.20. The van der Waals surface area contributed by atoms with E-state index in [0.717, 1.165) is 43.4 Å². The van der Waals surface area contributed by atoms with Crippen LogP contribution in [0.3, 0.4) is 0 Å². The van der Waals surface area contributed by atoms with Gasteiger partial charge in [-0.2, -0.15) is 9.97 Å². The van der Waals surface area contributed by atoms with Crippen molar-refractivity contribution in [3.8, 4) is 0 Å². The normalized spacial score (nSPS) is 19.4. The summed E-state index contributed by atoms with van der Waals surface area (Å²) in [6.07, 6.45) is 7.40. The fourth-order valence-corrected chi connectivity index (χ4v) is 4.59. The molecule has 0 unspecified atom stereocenters. The summed E-state index contributed by atoms with van der Waals surface area (Å²) >= 11 is 5.50. The molecule has 1 aromatic heterocycles. The molecular weight excluding hydrogens is 423 g/mol. The van der Waals surface area contributed by atoms with Crippen LogP contribution >= 0.6 is 12.2 Å². The zero-order chi connectivity index (χ0) is 22.3. The first kappa shape index (κ1) is 22.7. The second kappa shape index (κ2) is 10.9. The molecule has 0 amide bonds. The summed E-state index contributed by atoms with van der Waals surface area (Å²) in [5.41, 5.74) is 0.956. The molecule has 172 valence electrons. The van der Waals surface area contributed by atoms with Crippen LogP contribution in [0.2, 0.25) is 0 Å². The summed E-state index contributed by atoms with van der Waals surface area (Å²) in [6, 6.07) is 8.54. The predicted molar refractivity (Wildman–Crippen MR) is 133 cm³/mol. The smallest absolute Gasteiger partial charge is 0.232 e. The van der Waals surface area contributed by atoms with Crippen LogP contribution in [0.1, 0.15) is 51.0 Å². The summed E-state index contributed by atoms with van der Waals surface area (Å²) in [7, 11) is 0.